The third kappa shape index (κ3) is 1.66. The van der Waals surface area contributed by atoms with Crippen molar-refractivity contribution in [1.82, 2.24) is 0 Å². The van der Waals surface area contributed by atoms with Crippen molar-refractivity contribution in [1.29, 1.82) is 0 Å². The smallest absolute Gasteiger partial charge is 0.323 e. The van der Waals surface area contributed by atoms with Crippen LogP contribution in [0.25, 0.3) is 0 Å². The third-order valence-electron chi connectivity index (χ3n) is 2.45. The Kier molecular flexibility index (Phi) is 2.59. The molecule has 74 valence electrons. The van der Waals surface area contributed by atoms with Gasteiger partial charge in [-0.15, -0.1) is 0 Å². The van der Waals surface area contributed by atoms with Gasteiger partial charge >= 0.3 is 11.9 Å². The summed E-state index contributed by atoms with van der Waals surface area (Å²) in [6.45, 7) is 3.38. The lowest BCUT2D eigenvalue weighted by Crippen LogP contribution is -2.44. The quantitative estimate of drug-likeness (QED) is 0.451. The molecule has 0 aliphatic carbocycles. The van der Waals surface area contributed by atoms with Crippen LogP contribution in [0.15, 0.2) is 0 Å². The zero-order valence-corrected chi connectivity index (χ0v) is 8.12. The molecule has 0 N–H and O–H groups in total. The first-order valence-corrected chi connectivity index (χ1v) is 4.30. The van der Waals surface area contributed by atoms with Crippen molar-refractivity contribution in [2.45, 2.75) is 32.8 Å². The first kappa shape index (κ1) is 10.0. The van der Waals surface area contributed by atoms with Crippen molar-refractivity contribution in [2.24, 2.45) is 5.41 Å². The second-order valence-corrected chi connectivity index (χ2v) is 3.58. The van der Waals surface area contributed by atoms with Gasteiger partial charge in [0.25, 0.3) is 0 Å². The molecule has 1 rings (SSSR count). The third-order valence-corrected chi connectivity index (χ3v) is 2.45. The Hall–Kier alpha value is -1.06. The van der Waals surface area contributed by atoms with Crippen LogP contribution >= 0.6 is 0 Å². The monoisotopic (exact) mass is 186 g/mol. The molecule has 0 aromatic heterocycles. The number of carbonyl (C=O) groups is 2. The molecular weight excluding hydrogens is 172 g/mol. The molecule has 0 aromatic rings. The highest BCUT2D eigenvalue weighted by atomic mass is 16.6. The minimum Gasteiger partial charge on any atom is -0.468 e. The van der Waals surface area contributed by atoms with E-state index in [9.17, 15) is 9.59 Å². The lowest BCUT2D eigenvalue weighted by atomic mass is 9.82. The van der Waals surface area contributed by atoms with E-state index in [4.69, 9.17) is 4.74 Å². The van der Waals surface area contributed by atoms with Gasteiger partial charge in [0.1, 0.15) is 0 Å². The Morgan fingerprint density at radius 1 is 1.69 bits per heavy atom. The number of methoxy groups -OCH3 is 1. The van der Waals surface area contributed by atoms with E-state index >= 15 is 0 Å². The SMILES string of the molecule is COC(=O)C1(C)CCC(C)OC1=O. The molecule has 1 aliphatic heterocycles. The van der Waals surface area contributed by atoms with Crippen molar-refractivity contribution in [3.63, 3.8) is 0 Å². The van der Waals surface area contributed by atoms with Crippen molar-refractivity contribution >= 4 is 11.9 Å². The number of hydrogen-bond donors (Lipinski definition) is 0. The largest absolute Gasteiger partial charge is 0.468 e. The Balaban J connectivity index is 2.79. The van der Waals surface area contributed by atoms with Gasteiger partial charge in [0.05, 0.1) is 13.2 Å². The minimum absolute atomic E-state index is 0.0924. The minimum atomic E-state index is -1.10. The van der Waals surface area contributed by atoms with Crippen molar-refractivity contribution in [3.05, 3.63) is 0 Å². The van der Waals surface area contributed by atoms with Crippen LogP contribution in [0.2, 0.25) is 0 Å². The van der Waals surface area contributed by atoms with E-state index < -0.39 is 17.4 Å². The van der Waals surface area contributed by atoms with Crippen LogP contribution in [0.1, 0.15) is 26.7 Å². The van der Waals surface area contributed by atoms with Gasteiger partial charge in [-0.2, -0.15) is 0 Å². The molecule has 1 heterocycles. The Labute approximate surface area is 77.2 Å². The zero-order chi connectivity index (χ0) is 10.1. The van der Waals surface area contributed by atoms with Crippen LogP contribution in [-0.4, -0.2) is 25.2 Å². The summed E-state index contributed by atoms with van der Waals surface area (Å²) in [4.78, 5) is 22.7. The topological polar surface area (TPSA) is 52.6 Å². The van der Waals surface area contributed by atoms with Gasteiger partial charge in [-0.1, -0.05) is 0 Å². The first-order chi connectivity index (χ1) is 6.00. The highest BCUT2D eigenvalue weighted by Gasteiger charge is 2.47. The Morgan fingerprint density at radius 3 is 2.77 bits per heavy atom. The van der Waals surface area contributed by atoms with Crippen molar-refractivity contribution in [2.75, 3.05) is 7.11 Å². The molecule has 1 aliphatic rings. The summed E-state index contributed by atoms with van der Waals surface area (Å²) < 4.78 is 9.54. The summed E-state index contributed by atoms with van der Waals surface area (Å²) in [7, 11) is 1.28. The summed E-state index contributed by atoms with van der Waals surface area (Å²) in [5.74, 6) is -0.984. The second kappa shape index (κ2) is 3.36. The number of ether oxygens (including phenoxy) is 2. The van der Waals surface area contributed by atoms with Gasteiger partial charge in [0.2, 0.25) is 0 Å². The summed E-state index contributed by atoms with van der Waals surface area (Å²) in [6.07, 6.45) is 1.11. The fraction of sp³-hybridized carbons (Fsp3) is 0.778. The van der Waals surface area contributed by atoms with E-state index in [0.717, 1.165) is 0 Å². The molecule has 0 radical (unpaired) electrons. The predicted molar refractivity (Wildman–Crippen MR) is 44.9 cm³/mol. The standard InChI is InChI=1S/C9H14O4/c1-6-4-5-9(2,7(10)12-3)8(11)13-6/h6H,4-5H2,1-3H3. The number of cyclic esters (lactones) is 1. The molecule has 13 heavy (non-hydrogen) atoms. The van der Waals surface area contributed by atoms with Crippen molar-refractivity contribution in [3.8, 4) is 0 Å². The second-order valence-electron chi connectivity index (χ2n) is 3.58. The maximum absolute atomic E-state index is 11.4. The fourth-order valence-corrected chi connectivity index (χ4v) is 1.38. The number of rotatable bonds is 1. The number of carbonyl (C=O) groups excluding carboxylic acids is 2. The van der Waals surface area contributed by atoms with Crippen LogP contribution in [0.3, 0.4) is 0 Å². The van der Waals surface area contributed by atoms with Crippen LogP contribution in [0, 0.1) is 5.41 Å². The normalized spacial score (nSPS) is 33.8. The molecule has 4 heteroatoms. The molecule has 1 saturated heterocycles. The van der Waals surface area contributed by atoms with Gasteiger partial charge < -0.3 is 9.47 Å². The maximum Gasteiger partial charge on any atom is 0.323 e. The van der Waals surface area contributed by atoms with Gasteiger partial charge in [0.15, 0.2) is 5.41 Å². The lowest BCUT2D eigenvalue weighted by Gasteiger charge is -2.31. The zero-order valence-electron chi connectivity index (χ0n) is 8.12. The van der Waals surface area contributed by atoms with E-state index in [0.29, 0.717) is 12.8 Å². The average molecular weight is 186 g/mol. The summed E-state index contributed by atoms with van der Waals surface area (Å²) in [5.41, 5.74) is -1.10. The summed E-state index contributed by atoms with van der Waals surface area (Å²) in [5, 5.41) is 0. The molecule has 2 atom stereocenters. The highest BCUT2D eigenvalue weighted by molar-refractivity contribution is 5.99. The van der Waals surface area contributed by atoms with Gasteiger partial charge in [-0.3, -0.25) is 9.59 Å². The summed E-state index contributed by atoms with van der Waals surface area (Å²) >= 11 is 0. The Morgan fingerprint density at radius 2 is 2.31 bits per heavy atom. The fourth-order valence-electron chi connectivity index (χ4n) is 1.38. The average Bonchev–Trinajstić information content (AvgIpc) is 2.11. The maximum atomic E-state index is 11.4. The molecule has 0 amide bonds. The molecule has 0 spiro atoms. The van der Waals surface area contributed by atoms with Crippen molar-refractivity contribution < 1.29 is 19.1 Å². The molecular formula is C9H14O4. The lowest BCUT2D eigenvalue weighted by molar-refractivity contribution is -0.179. The van der Waals surface area contributed by atoms with Crippen LogP contribution < -0.4 is 0 Å². The van der Waals surface area contributed by atoms with Gasteiger partial charge in [0, 0.05) is 0 Å². The number of hydrogen-bond acceptors (Lipinski definition) is 4. The molecule has 1 fully saturated rings. The van der Waals surface area contributed by atoms with E-state index in [1.165, 1.54) is 7.11 Å². The molecule has 0 saturated carbocycles. The Bertz CT molecular complexity index is 236. The van der Waals surface area contributed by atoms with E-state index in [1.54, 1.807) is 6.92 Å². The van der Waals surface area contributed by atoms with Gasteiger partial charge in [-0.25, -0.2) is 0 Å². The van der Waals surface area contributed by atoms with Gasteiger partial charge in [-0.05, 0) is 26.7 Å². The van der Waals surface area contributed by atoms with E-state index in [1.807, 2.05) is 6.92 Å². The number of esters is 2. The molecule has 2 unspecified atom stereocenters. The van der Waals surface area contributed by atoms with Crippen LogP contribution in [0.4, 0.5) is 0 Å². The molecule has 0 aromatic carbocycles. The molecule has 0 bridgehead atoms. The van der Waals surface area contributed by atoms with Crippen LogP contribution in [0.5, 0.6) is 0 Å². The van der Waals surface area contributed by atoms with E-state index in [2.05, 4.69) is 4.74 Å². The highest BCUT2D eigenvalue weighted by Crippen LogP contribution is 2.32. The van der Waals surface area contributed by atoms with E-state index in [-0.39, 0.29) is 6.10 Å². The first-order valence-electron chi connectivity index (χ1n) is 4.30. The summed E-state index contributed by atoms with van der Waals surface area (Å²) in [6, 6.07) is 0. The predicted octanol–water partition coefficient (Wildman–Crippen LogP) is 0.891. The molecule has 4 nitrogen and oxygen atoms in total. The van der Waals surface area contributed by atoms with Crippen LogP contribution in [-0.2, 0) is 19.1 Å².